The van der Waals surface area contributed by atoms with E-state index in [1.54, 1.807) is 6.92 Å². The Hall–Kier alpha value is -3.01. The van der Waals surface area contributed by atoms with Crippen molar-refractivity contribution in [2.75, 3.05) is 39.3 Å². The van der Waals surface area contributed by atoms with Crippen molar-refractivity contribution in [2.24, 2.45) is 10.9 Å². The minimum atomic E-state index is -1.14. The Morgan fingerprint density at radius 1 is 1.24 bits per heavy atom. The number of non-ortho nitro benzene ring substituents is 1. The summed E-state index contributed by atoms with van der Waals surface area (Å²) >= 11 is 0. The lowest BCUT2D eigenvalue weighted by Crippen LogP contribution is -2.57. The predicted molar refractivity (Wildman–Crippen MR) is 105 cm³/mol. The number of hydrogen-bond donors (Lipinski definition) is 1. The summed E-state index contributed by atoms with van der Waals surface area (Å²) in [7, 11) is 0. The molecule has 29 heavy (non-hydrogen) atoms. The van der Waals surface area contributed by atoms with Crippen LogP contribution in [0, 0.1) is 16.0 Å². The summed E-state index contributed by atoms with van der Waals surface area (Å²) in [5.74, 6) is -1.85. The number of esters is 1. The molecule has 0 bridgehead atoms. The molecule has 2 atom stereocenters. The van der Waals surface area contributed by atoms with E-state index in [0.29, 0.717) is 24.6 Å². The van der Waals surface area contributed by atoms with E-state index >= 15 is 0 Å². The molecule has 2 aliphatic heterocycles. The number of amides is 1. The van der Waals surface area contributed by atoms with Gasteiger partial charge in [-0.15, -0.1) is 0 Å². The Labute approximate surface area is 168 Å². The first-order valence-corrected chi connectivity index (χ1v) is 9.71. The molecule has 0 radical (unpaired) electrons. The van der Waals surface area contributed by atoms with Gasteiger partial charge in [0.25, 0.3) is 5.69 Å². The zero-order chi connectivity index (χ0) is 21.0. The van der Waals surface area contributed by atoms with Crippen molar-refractivity contribution in [2.45, 2.75) is 19.9 Å². The van der Waals surface area contributed by atoms with Gasteiger partial charge in [0, 0.05) is 38.3 Å². The van der Waals surface area contributed by atoms with Crippen molar-refractivity contribution in [3.63, 3.8) is 0 Å². The highest BCUT2D eigenvalue weighted by atomic mass is 16.6. The first-order valence-electron chi connectivity index (χ1n) is 9.71. The van der Waals surface area contributed by atoms with Crippen LogP contribution >= 0.6 is 0 Å². The van der Waals surface area contributed by atoms with Crippen molar-refractivity contribution >= 4 is 23.5 Å². The number of guanidine groups is 1. The highest BCUT2D eigenvalue weighted by Gasteiger charge is 2.42. The Kier molecular flexibility index (Phi) is 6.42. The van der Waals surface area contributed by atoms with E-state index in [9.17, 15) is 19.7 Å². The number of likely N-dealkylation sites (N-methyl/N-ethyl adjacent to an activating group) is 1. The van der Waals surface area contributed by atoms with Gasteiger partial charge in [-0.1, -0.05) is 19.1 Å². The lowest BCUT2D eigenvalue weighted by molar-refractivity contribution is -0.384. The van der Waals surface area contributed by atoms with Gasteiger partial charge in [0.1, 0.15) is 6.04 Å². The first kappa shape index (κ1) is 20.7. The van der Waals surface area contributed by atoms with Crippen LogP contribution in [-0.2, 0) is 14.3 Å². The second kappa shape index (κ2) is 8.99. The van der Waals surface area contributed by atoms with Gasteiger partial charge in [0.05, 0.1) is 11.5 Å². The van der Waals surface area contributed by atoms with Crippen LogP contribution in [0.2, 0.25) is 0 Å². The fraction of sp³-hybridized carbons (Fsp3) is 0.526. The highest BCUT2D eigenvalue weighted by molar-refractivity contribution is 6.08. The molecule has 0 unspecified atom stereocenters. The van der Waals surface area contributed by atoms with Crippen LogP contribution in [0.15, 0.2) is 29.3 Å². The number of hydrogen-bond acceptors (Lipinski definition) is 8. The highest BCUT2D eigenvalue weighted by Crippen LogP contribution is 2.32. The van der Waals surface area contributed by atoms with Crippen molar-refractivity contribution in [3.05, 3.63) is 39.9 Å². The molecule has 1 N–H and O–H groups in total. The number of benzene rings is 1. The van der Waals surface area contributed by atoms with E-state index in [-0.39, 0.29) is 12.3 Å². The Balaban J connectivity index is 1.92. The number of nitrogens with one attached hydrogen (secondary N) is 1. The van der Waals surface area contributed by atoms with E-state index in [1.165, 1.54) is 24.3 Å². The number of ether oxygens (including phenoxy) is 1. The molecule has 0 saturated carbocycles. The number of nitrogens with zero attached hydrogens (tertiary/aromatic N) is 4. The van der Waals surface area contributed by atoms with Crippen molar-refractivity contribution in [3.8, 4) is 0 Å². The molecule has 10 heteroatoms. The van der Waals surface area contributed by atoms with Gasteiger partial charge in [-0.25, -0.2) is 4.99 Å². The molecule has 1 fully saturated rings. The molecule has 1 saturated heterocycles. The Morgan fingerprint density at radius 3 is 2.45 bits per heavy atom. The molecule has 2 heterocycles. The van der Waals surface area contributed by atoms with E-state index in [0.717, 1.165) is 19.6 Å². The van der Waals surface area contributed by atoms with Gasteiger partial charge in [-0.05, 0) is 19.0 Å². The zero-order valence-electron chi connectivity index (χ0n) is 16.5. The van der Waals surface area contributed by atoms with E-state index < -0.39 is 28.8 Å². The van der Waals surface area contributed by atoms with Crippen molar-refractivity contribution in [1.82, 2.24) is 15.1 Å². The second-order valence-corrected chi connectivity index (χ2v) is 6.89. The summed E-state index contributed by atoms with van der Waals surface area (Å²) in [4.78, 5) is 44.6. The molecule has 0 aliphatic carbocycles. The maximum Gasteiger partial charge on any atom is 0.321 e. The summed E-state index contributed by atoms with van der Waals surface area (Å²) in [5, 5.41) is 13.7. The lowest BCUT2D eigenvalue weighted by atomic mass is 9.91. The SMILES string of the molecule is CCOC(=O)[C@H]1C(=O)NC(N2CCN(CC)CC2)=N[C@H]1c1ccc([N+](=O)[O-])cc1. The van der Waals surface area contributed by atoms with Crippen LogP contribution in [0.3, 0.4) is 0 Å². The molecular weight excluding hydrogens is 378 g/mol. The van der Waals surface area contributed by atoms with Crippen LogP contribution in [0.5, 0.6) is 0 Å². The molecule has 1 aromatic rings. The smallest absolute Gasteiger partial charge is 0.321 e. The van der Waals surface area contributed by atoms with Crippen LogP contribution < -0.4 is 5.32 Å². The molecule has 0 aromatic heterocycles. The standard InChI is InChI=1S/C19H25N5O5/c1-3-22-9-11-23(12-10-22)19-20-16(13-5-7-14(8-6-13)24(27)28)15(17(25)21-19)18(26)29-4-2/h5-8,15-16H,3-4,9-12H2,1-2H3,(H,20,21,25)/t15-,16+/m1/s1. The van der Waals surface area contributed by atoms with Crippen LogP contribution in [-0.4, -0.2) is 71.9 Å². The monoisotopic (exact) mass is 403 g/mol. The zero-order valence-corrected chi connectivity index (χ0v) is 16.5. The molecule has 10 nitrogen and oxygen atoms in total. The number of carbonyl (C=O) groups excluding carboxylic acids is 2. The maximum atomic E-state index is 12.8. The van der Waals surface area contributed by atoms with Crippen LogP contribution in [0.1, 0.15) is 25.5 Å². The molecule has 0 spiro atoms. The normalized spacial score (nSPS) is 22.6. The van der Waals surface area contributed by atoms with E-state index in [2.05, 4.69) is 22.1 Å². The minimum Gasteiger partial charge on any atom is -0.465 e. The summed E-state index contributed by atoms with van der Waals surface area (Å²) < 4.78 is 5.08. The fourth-order valence-corrected chi connectivity index (χ4v) is 3.53. The van der Waals surface area contributed by atoms with E-state index in [4.69, 9.17) is 4.74 Å². The van der Waals surface area contributed by atoms with Gasteiger partial charge in [0.2, 0.25) is 11.9 Å². The van der Waals surface area contributed by atoms with Crippen molar-refractivity contribution in [1.29, 1.82) is 0 Å². The molecule has 2 aliphatic rings. The third-order valence-corrected chi connectivity index (χ3v) is 5.20. The first-order chi connectivity index (χ1) is 13.9. The van der Waals surface area contributed by atoms with E-state index in [1.807, 2.05) is 4.90 Å². The van der Waals surface area contributed by atoms with Crippen LogP contribution in [0.25, 0.3) is 0 Å². The number of piperazine rings is 1. The maximum absolute atomic E-state index is 12.8. The average molecular weight is 403 g/mol. The molecule has 1 aromatic carbocycles. The van der Waals surface area contributed by atoms with Crippen molar-refractivity contribution < 1.29 is 19.2 Å². The predicted octanol–water partition coefficient (Wildman–Crippen LogP) is 0.939. The van der Waals surface area contributed by atoms with Crippen LogP contribution in [0.4, 0.5) is 5.69 Å². The Bertz CT molecular complexity index is 802. The topological polar surface area (TPSA) is 117 Å². The van der Waals surface area contributed by atoms with Gasteiger partial charge in [0.15, 0.2) is 5.92 Å². The Morgan fingerprint density at radius 2 is 1.90 bits per heavy atom. The summed E-state index contributed by atoms with van der Waals surface area (Å²) in [6, 6.07) is 4.95. The van der Waals surface area contributed by atoms with Gasteiger partial charge < -0.3 is 14.5 Å². The minimum absolute atomic E-state index is 0.0680. The van der Waals surface area contributed by atoms with Gasteiger partial charge in [-0.2, -0.15) is 0 Å². The number of carbonyl (C=O) groups is 2. The summed E-state index contributed by atoms with van der Waals surface area (Å²) in [6.45, 7) is 8.01. The lowest BCUT2D eigenvalue weighted by Gasteiger charge is -2.38. The number of rotatable bonds is 5. The molecule has 156 valence electrons. The number of nitro benzene ring substituents is 1. The quantitative estimate of drug-likeness (QED) is 0.336. The fourth-order valence-electron chi connectivity index (χ4n) is 3.53. The molecule has 3 rings (SSSR count). The average Bonchev–Trinajstić information content (AvgIpc) is 2.73. The largest absolute Gasteiger partial charge is 0.465 e. The van der Waals surface area contributed by atoms with Gasteiger partial charge >= 0.3 is 5.97 Å². The third kappa shape index (κ3) is 4.53. The second-order valence-electron chi connectivity index (χ2n) is 6.89. The number of aliphatic imine (C=N–C) groups is 1. The summed E-state index contributed by atoms with van der Waals surface area (Å²) in [5.41, 5.74) is 0.481. The molecular formula is C19H25N5O5. The number of nitro groups is 1. The van der Waals surface area contributed by atoms with Gasteiger partial charge in [-0.3, -0.25) is 25.0 Å². The summed E-state index contributed by atoms with van der Waals surface area (Å²) in [6.07, 6.45) is 0. The third-order valence-electron chi connectivity index (χ3n) is 5.20. The molecule has 1 amide bonds.